The minimum Gasteiger partial charge on any atom is -0.350 e. The molecule has 3 rings (SSSR count). The van der Waals surface area contributed by atoms with Gasteiger partial charge in [0.2, 0.25) is 17.6 Å². The first-order valence-corrected chi connectivity index (χ1v) is 11.3. The van der Waals surface area contributed by atoms with Crippen LogP contribution in [0, 0.1) is 0 Å². The van der Waals surface area contributed by atoms with Crippen molar-refractivity contribution in [3.05, 3.63) is 47.3 Å². The molecule has 32 heavy (non-hydrogen) atoms. The van der Waals surface area contributed by atoms with Gasteiger partial charge in [0.05, 0.1) is 23.2 Å². The van der Waals surface area contributed by atoms with Gasteiger partial charge < -0.3 is 10.2 Å². The predicted octanol–water partition coefficient (Wildman–Crippen LogP) is 2.09. The fraction of sp³-hybridized carbons (Fsp3) is 0.409. The molecule has 0 spiro atoms. The van der Waals surface area contributed by atoms with E-state index in [0.29, 0.717) is 34.9 Å². The third-order valence-corrected chi connectivity index (χ3v) is 5.61. The molecule has 0 saturated heterocycles. The van der Waals surface area contributed by atoms with Crippen molar-refractivity contribution in [3.8, 4) is 0 Å². The molecule has 0 saturated carbocycles. The highest BCUT2D eigenvalue weighted by molar-refractivity contribution is 7.99. The van der Waals surface area contributed by atoms with Crippen molar-refractivity contribution in [2.45, 2.75) is 44.9 Å². The average molecular weight is 457 g/mol. The minimum atomic E-state index is -0.364. The van der Waals surface area contributed by atoms with Gasteiger partial charge >= 0.3 is 0 Å². The number of amides is 2. The predicted molar refractivity (Wildman–Crippen MR) is 126 cm³/mol. The first-order chi connectivity index (χ1) is 15.2. The quantitative estimate of drug-likeness (QED) is 0.411. The maximum absolute atomic E-state index is 12.9. The maximum Gasteiger partial charge on any atom is 0.263 e. The second-order valence-corrected chi connectivity index (χ2v) is 9.28. The number of para-hydroxylation sites is 1. The Labute approximate surface area is 190 Å². The molecule has 0 bridgehead atoms. The van der Waals surface area contributed by atoms with Crippen LogP contribution < -0.4 is 10.9 Å². The maximum atomic E-state index is 12.9. The van der Waals surface area contributed by atoms with Gasteiger partial charge in [-0.25, -0.2) is 0 Å². The lowest BCUT2D eigenvalue weighted by atomic mass is 10.1. The molecule has 0 aliphatic carbocycles. The number of likely N-dealkylation sites (N-methyl/N-ethyl adjacent to an activating group) is 1. The van der Waals surface area contributed by atoms with Crippen LogP contribution in [0.4, 0.5) is 0 Å². The number of rotatable bonds is 8. The fourth-order valence-corrected chi connectivity index (χ4v) is 4.19. The smallest absolute Gasteiger partial charge is 0.263 e. The summed E-state index contributed by atoms with van der Waals surface area (Å²) < 4.78 is 3.28. The van der Waals surface area contributed by atoms with E-state index in [0.717, 1.165) is 0 Å². The molecule has 2 aromatic heterocycles. The molecule has 9 nitrogen and oxygen atoms in total. The van der Waals surface area contributed by atoms with Crippen molar-refractivity contribution in [1.29, 1.82) is 0 Å². The summed E-state index contributed by atoms with van der Waals surface area (Å²) in [7, 11) is 0. The van der Waals surface area contributed by atoms with E-state index in [9.17, 15) is 14.4 Å². The molecule has 0 fully saturated rings. The zero-order chi connectivity index (χ0) is 23.5. The highest BCUT2D eigenvalue weighted by Crippen LogP contribution is 2.22. The van der Waals surface area contributed by atoms with Crippen LogP contribution in [0.1, 0.15) is 27.7 Å². The lowest BCUT2D eigenvalue weighted by Gasteiger charge is -2.25. The summed E-state index contributed by atoms with van der Waals surface area (Å²) in [4.78, 5) is 39.4. The zero-order valence-electron chi connectivity index (χ0n) is 18.8. The van der Waals surface area contributed by atoms with E-state index in [1.807, 2.05) is 39.8 Å². The van der Waals surface area contributed by atoms with Crippen LogP contribution in [0.2, 0.25) is 0 Å². The largest absolute Gasteiger partial charge is 0.350 e. The molecular weight excluding hydrogens is 428 g/mol. The van der Waals surface area contributed by atoms with Gasteiger partial charge in [-0.2, -0.15) is 0 Å². The second-order valence-electron chi connectivity index (χ2n) is 8.33. The Kier molecular flexibility index (Phi) is 7.02. The fourth-order valence-electron chi connectivity index (χ4n) is 3.35. The van der Waals surface area contributed by atoms with Gasteiger partial charge in [-0.05, 0) is 39.8 Å². The number of allylic oxidation sites excluding steroid dienone is 1. The van der Waals surface area contributed by atoms with Gasteiger partial charge in [-0.1, -0.05) is 30.0 Å². The normalized spacial score (nSPS) is 11.6. The lowest BCUT2D eigenvalue weighted by molar-refractivity contribution is -0.134. The Bertz CT molecular complexity index is 1220. The number of benzene rings is 1. The van der Waals surface area contributed by atoms with Gasteiger partial charge in [0.25, 0.3) is 5.56 Å². The van der Waals surface area contributed by atoms with Crippen LogP contribution >= 0.6 is 11.8 Å². The van der Waals surface area contributed by atoms with Crippen molar-refractivity contribution in [1.82, 2.24) is 29.4 Å². The molecule has 2 heterocycles. The summed E-state index contributed by atoms with van der Waals surface area (Å²) in [6.07, 6.45) is 1.63. The first-order valence-electron chi connectivity index (χ1n) is 10.4. The number of carbonyl (C=O) groups is 2. The molecule has 0 radical (unpaired) electrons. The van der Waals surface area contributed by atoms with Gasteiger partial charge in [0, 0.05) is 18.6 Å². The Morgan fingerprint density at radius 1 is 1.25 bits per heavy atom. The summed E-state index contributed by atoms with van der Waals surface area (Å²) in [6.45, 7) is 11.9. The van der Waals surface area contributed by atoms with Gasteiger partial charge in [0.1, 0.15) is 0 Å². The zero-order valence-corrected chi connectivity index (χ0v) is 19.6. The number of nitrogens with zero attached hydrogens (tertiary/aromatic N) is 5. The van der Waals surface area contributed by atoms with Crippen molar-refractivity contribution in [3.63, 3.8) is 0 Å². The summed E-state index contributed by atoms with van der Waals surface area (Å²) in [5.74, 6) is 0.0966. The van der Waals surface area contributed by atoms with E-state index in [2.05, 4.69) is 22.1 Å². The highest BCUT2D eigenvalue weighted by atomic mass is 32.2. The van der Waals surface area contributed by atoms with E-state index in [-0.39, 0.29) is 35.2 Å². The standard InChI is InChI=1S/C22H28N6O3S/c1-6-12-27-19(31)15-10-8-9-11-16(15)28-20(27)24-25-21(28)32-14-18(30)26(7-2)13-17(29)23-22(3,4)5/h6,8-11H,1,7,12-14H2,2-5H3,(H,23,29). The monoisotopic (exact) mass is 456 g/mol. The van der Waals surface area contributed by atoms with Crippen molar-refractivity contribution >= 4 is 40.3 Å². The average Bonchev–Trinajstić information content (AvgIpc) is 3.16. The molecule has 0 aliphatic heterocycles. The number of hydrogen-bond donors (Lipinski definition) is 1. The van der Waals surface area contributed by atoms with Crippen LogP contribution in [-0.2, 0) is 16.1 Å². The third-order valence-electron chi connectivity index (χ3n) is 4.70. The van der Waals surface area contributed by atoms with Crippen molar-refractivity contribution in [2.24, 2.45) is 0 Å². The molecule has 10 heteroatoms. The van der Waals surface area contributed by atoms with E-state index < -0.39 is 0 Å². The Hall–Kier alpha value is -3.14. The van der Waals surface area contributed by atoms with E-state index in [1.165, 1.54) is 21.2 Å². The molecule has 3 aromatic rings. The van der Waals surface area contributed by atoms with Crippen LogP contribution in [0.5, 0.6) is 0 Å². The number of thioether (sulfide) groups is 1. The lowest BCUT2D eigenvalue weighted by Crippen LogP contribution is -2.47. The number of nitrogens with one attached hydrogen (secondary N) is 1. The Morgan fingerprint density at radius 2 is 1.97 bits per heavy atom. The Balaban J connectivity index is 1.86. The summed E-state index contributed by atoms with van der Waals surface area (Å²) >= 11 is 1.22. The van der Waals surface area contributed by atoms with Gasteiger partial charge in [-0.15, -0.1) is 16.8 Å². The van der Waals surface area contributed by atoms with Crippen LogP contribution in [0.15, 0.2) is 46.9 Å². The van der Waals surface area contributed by atoms with E-state index in [4.69, 9.17) is 0 Å². The number of carbonyl (C=O) groups excluding carboxylic acids is 2. The minimum absolute atomic E-state index is 0.00441. The van der Waals surface area contributed by atoms with Crippen molar-refractivity contribution in [2.75, 3.05) is 18.8 Å². The van der Waals surface area contributed by atoms with Crippen LogP contribution in [0.3, 0.4) is 0 Å². The summed E-state index contributed by atoms with van der Waals surface area (Å²) in [5, 5.41) is 12.3. The molecule has 170 valence electrons. The van der Waals surface area contributed by atoms with E-state index >= 15 is 0 Å². The summed E-state index contributed by atoms with van der Waals surface area (Å²) in [5.41, 5.74) is 0.136. The second kappa shape index (κ2) is 9.56. The topological polar surface area (TPSA) is 102 Å². The molecule has 2 amide bonds. The highest BCUT2D eigenvalue weighted by Gasteiger charge is 2.21. The van der Waals surface area contributed by atoms with Crippen LogP contribution in [-0.4, -0.2) is 60.3 Å². The Morgan fingerprint density at radius 3 is 2.62 bits per heavy atom. The third kappa shape index (κ3) is 5.01. The van der Waals surface area contributed by atoms with Crippen molar-refractivity contribution < 1.29 is 9.59 Å². The van der Waals surface area contributed by atoms with Gasteiger partial charge in [-0.3, -0.25) is 23.4 Å². The summed E-state index contributed by atoms with van der Waals surface area (Å²) in [6, 6.07) is 7.22. The van der Waals surface area contributed by atoms with Crippen LogP contribution in [0.25, 0.3) is 16.7 Å². The number of fused-ring (bicyclic) bond motifs is 3. The molecule has 0 aliphatic rings. The van der Waals surface area contributed by atoms with E-state index in [1.54, 1.807) is 22.6 Å². The number of hydrogen-bond acceptors (Lipinski definition) is 6. The molecular formula is C22H28N6O3S. The molecule has 0 unspecified atom stereocenters. The number of aromatic nitrogens is 4. The SMILES string of the molecule is C=CCn1c(=O)c2ccccc2n2c(SCC(=O)N(CC)CC(=O)NC(C)(C)C)nnc12. The van der Waals surface area contributed by atoms with Gasteiger partial charge in [0.15, 0.2) is 5.16 Å². The molecule has 1 N–H and O–H groups in total. The molecule has 1 aromatic carbocycles. The first kappa shape index (κ1) is 23.5. The molecule has 0 atom stereocenters.